The molecule has 1 aromatic carbocycles. The topological polar surface area (TPSA) is 34.2 Å². The van der Waals surface area contributed by atoms with E-state index in [0.29, 0.717) is 5.41 Å². The van der Waals surface area contributed by atoms with Gasteiger partial charge in [0.25, 0.3) is 0 Å². The molecule has 3 rings (SSSR count). The minimum absolute atomic E-state index is 0.523. The molecule has 1 aliphatic carbocycles. The predicted octanol–water partition coefficient (Wildman–Crippen LogP) is 4.30. The van der Waals surface area contributed by atoms with Crippen molar-refractivity contribution in [2.24, 2.45) is 5.41 Å². The molecular weight excluding hydrogens is 256 g/mol. The molecule has 0 radical (unpaired) electrons. The highest BCUT2D eigenvalue weighted by Crippen LogP contribution is 2.44. The van der Waals surface area contributed by atoms with Crippen LogP contribution in [0.15, 0.2) is 18.2 Å². The standard InChI is InChI=1S/C15H20N2OS/c1-3-15(7-4-8-15)10-16-14-17-12-6-5-11(18-2)9-13(12)19-14/h5-6,9H,3-4,7-8,10H2,1-2H3,(H,16,17). The number of thiazole rings is 1. The highest BCUT2D eigenvalue weighted by atomic mass is 32.1. The van der Waals surface area contributed by atoms with Crippen molar-refractivity contribution >= 4 is 26.7 Å². The van der Waals surface area contributed by atoms with Gasteiger partial charge in [-0.3, -0.25) is 0 Å². The van der Waals surface area contributed by atoms with Crippen LogP contribution in [0.25, 0.3) is 10.2 Å². The Kier molecular flexibility index (Phi) is 3.35. The van der Waals surface area contributed by atoms with Gasteiger partial charge < -0.3 is 10.1 Å². The minimum atomic E-state index is 0.523. The second-order valence-corrected chi connectivity index (χ2v) is 6.44. The third kappa shape index (κ3) is 2.41. The van der Waals surface area contributed by atoms with E-state index in [1.807, 2.05) is 12.1 Å². The number of aromatic nitrogens is 1. The molecule has 1 fully saturated rings. The Hall–Kier alpha value is -1.29. The van der Waals surface area contributed by atoms with Gasteiger partial charge in [0.2, 0.25) is 0 Å². The third-order valence-corrected chi connectivity index (χ3v) is 5.35. The summed E-state index contributed by atoms with van der Waals surface area (Å²) in [7, 11) is 1.70. The minimum Gasteiger partial charge on any atom is -0.497 e. The molecule has 0 saturated heterocycles. The highest BCUT2D eigenvalue weighted by molar-refractivity contribution is 7.22. The summed E-state index contributed by atoms with van der Waals surface area (Å²) >= 11 is 1.71. The number of benzene rings is 1. The molecule has 1 N–H and O–H groups in total. The normalized spacial score (nSPS) is 17.2. The molecule has 0 amide bonds. The zero-order valence-corrected chi connectivity index (χ0v) is 12.3. The van der Waals surface area contributed by atoms with Gasteiger partial charge in [-0.25, -0.2) is 4.98 Å². The van der Waals surface area contributed by atoms with E-state index in [4.69, 9.17) is 4.74 Å². The number of methoxy groups -OCH3 is 1. The second-order valence-electron chi connectivity index (χ2n) is 5.41. The van der Waals surface area contributed by atoms with Crippen molar-refractivity contribution in [3.05, 3.63) is 18.2 Å². The molecular formula is C15H20N2OS. The van der Waals surface area contributed by atoms with Gasteiger partial charge in [-0.15, -0.1) is 0 Å². The fourth-order valence-corrected chi connectivity index (χ4v) is 3.59. The molecule has 0 bridgehead atoms. The number of fused-ring (bicyclic) bond motifs is 1. The first kappa shape index (κ1) is 12.7. The number of nitrogens with one attached hydrogen (secondary N) is 1. The first-order chi connectivity index (χ1) is 9.24. The van der Waals surface area contributed by atoms with E-state index in [-0.39, 0.29) is 0 Å². The number of anilines is 1. The van der Waals surface area contributed by atoms with Crippen LogP contribution in [-0.2, 0) is 0 Å². The first-order valence-electron chi connectivity index (χ1n) is 6.93. The van der Waals surface area contributed by atoms with Crippen LogP contribution in [0.1, 0.15) is 32.6 Å². The van der Waals surface area contributed by atoms with Gasteiger partial charge in [-0.1, -0.05) is 24.7 Å². The lowest BCUT2D eigenvalue weighted by Gasteiger charge is -2.41. The van der Waals surface area contributed by atoms with Crippen LogP contribution in [-0.4, -0.2) is 18.6 Å². The van der Waals surface area contributed by atoms with E-state index >= 15 is 0 Å². The molecule has 102 valence electrons. The average Bonchev–Trinajstić information content (AvgIpc) is 2.79. The van der Waals surface area contributed by atoms with Gasteiger partial charge in [0.05, 0.1) is 17.3 Å². The van der Waals surface area contributed by atoms with Crippen molar-refractivity contribution in [1.82, 2.24) is 4.98 Å². The van der Waals surface area contributed by atoms with Crippen LogP contribution in [0.2, 0.25) is 0 Å². The molecule has 2 aromatic rings. The summed E-state index contributed by atoms with van der Waals surface area (Å²) in [5.41, 5.74) is 1.57. The first-order valence-corrected chi connectivity index (χ1v) is 7.75. The average molecular weight is 276 g/mol. The van der Waals surface area contributed by atoms with Gasteiger partial charge in [0, 0.05) is 6.54 Å². The van der Waals surface area contributed by atoms with Crippen LogP contribution in [0.4, 0.5) is 5.13 Å². The molecule has 0 atom stereocenters. The van der Waals surface area contributed by atoms with Gasteiger partial charge >= 0.3 is 0 Å². The maximum Gasteiger partial charge on any atom is 0.183 e. The van der Waals surface area contributed by atoms with E-state index in [1.165, 1.54) is 30.4 Å². The Morgan fingerprint density at radius 1 is 1.42 bits per heavy atom. The number of hydrogen-bond acceptors (Lipinski definition) is 4. The largest absolute Gasteiger partial charge is 0.497 e. The van der Waals surface area contributed by atoms with Crippen molar-refractivity contribution in [3.8, 4) is 5.75 Å². The van der Waals surface area contributed by atoms with E-state index in [2.05, 4.69) is 23.3 Å². The van der Waals surface area contributed by atoms with Crippen molar-refractivity contribution in [3.63, 3.8) is 0 Å². The molecule has 1 heterocycles. The molecule has 1 aromatic heterocycles. The van der Waals surface area contributed by atoms with Gasteiger partial charge in [-0.2, -0.15) is 0 Å². The van der Waals surface area contributed by atoms with Crippen LogP contribution >= 0.6 is 11.3 Å². The zero-order valence-electron chi connectivity index (χ0n) is 11.5. The zero-order chi connectivity index (χ0) is 13.3. The maximum atomic E-state index is 5.25. The summed E-state index contributed by atoms with van der Waals surface area (Å²) in [5, 5.41) is 4.56. The summed E-state index contributed by atoms with van der Waals surface area (Å²) in [6, 6.07) is 6.04. The summed E-state index contributed by atoms with van der Waals surface area (Å²) in [6.07, 6.45) is 5.36. The maximum absolute atomic E-state index is 5.25. The quantitative estimate of drug-likeness (QED) is 0.884. The molecule has 0 spiro atoms. The number of ether oxygens (including phenoxy) is 1. The molecule has 1 saturated carbocycles. The number of hydrogen-bond donors (Lipinski definition) is 1. The highest BCUT2D eigenvalue weighted by Gasteiger charge is 2.34. The molecule has 3 nitrogen and oxygen atoms in total. The van der Waals surface area contributed by atoms with Crippen molar-refractivity contribution in [2.45, 2.75) is 32.6 Å². The molecule has 19 heavy (non-hydrogen) atoms. The van der Waals surface area contributed by atoms with Gasteiger partial charge in [0.15, 0.2) is 5.13 Å². The SMILES string of the molecule is CCC1(CNc2nc3ccc(OC)cc3s2)CCC1. The second kappa shape index (κ2) is 5.00. The monoisotopic (exact) mass is 276 g/mol. The Labute approximate surface area is 118 Å². The Balaban J connectivity index is 1.74. The van der Waals surface area contributed by atoms with E-state index < -0.39 is 0 Å². The summed E-state index contributed by atoms with van der Waals surface area (Å²) in [6.45, 7) is 3.35. The van der Waals surface area contributed by atoms with Gasteiger partial charge in [0.1, 0.15) is 5.75 Å². The predicted molar refractivity (Wildman–Crippen MR) is 81.2 cm³/mol. The summed E-state index contributed by atoms with van der Waals surface area (Å²) in [5.74, 6) is 0.895. The smallest absolute Gasteiger partial charge is 0.183 e. The number of rotatable bonds is 5. The number of nitrogens with zero attached hydrogens (tertiary/aromatic N) is 1. The van der Waals surface area contributed by atoms with Gasteiger partial charge in [-0.05, 0) is 42.9 Å². The van der Waals surface area contributed by atoms with E-state index in [0.717, 1.165) is 22.9 Å². The fraction of sp³-hybridized carbons (Fsp3) is 0.533. The Morgan fingerprint density at radius 2 is 2.26 bits per heavy atom. The Bertz CT molecular complexity index is 569. The van der Waals surface area contributed by atoms with Crippen LogP contribution in [0.5, 0.6) is 5.75 Å². The molecule has 0 aliphatic heterocycles. The molecule has 4 heteroatoms. The third-order valence-electron chi connectivity index (χ3n) is 4.37. The summed E-state index contributed by atoms with van der Waals surface area (Å²) < 4.78 is 6.43. The lowest BCUT2D eigenvalue weighted by atomic mass is 9.67. The van der Waals surface area contributed by atoms with E-state index in [9.17, 15) is 0 Å². The van der Waals surface area contributed by atoms with Crippen molar-refractivity contribution in [2.75, 3.05) is 19.0 Å². The molecule has 0 unspecified atom stereocenters. The van der Waals surface area contributed by atoms with Crippen molar-refractivity contribution in [1.29, 1.82) is 0 Å². The van der Waals surface area contributed by atoms with Crippen LogP contribution in [0.3, 0.4) is 0 Å². The fourth-order valence-electron chi connectivity index (χ4n) is 2.70. The molecule has 1 aliphatic rings. The lowest BCUT2D eigenvalue weighted by Crippen LogP contribution is -2.35. The van der Waals surface area contributed by atoms with Crippen LogP contribution < -0.4 is 10.1 Å². The van der Waals surface area contributed by atoms with Crippen LogP contribution in [0, 0.1) is 5.41 Å². The lowest BCUT2D eigenvalue weighted by molar-refractivity contribution is 0.145. The van der Waals surface area contributed by atoms with E-state index in [1.54, 1.807) is 18.4 Å². The van der Waals surface area contributed by atoms with Crippen molar-refractivity contribution < 1.29 is 4.74 Å². The Morgan fingerprint density at radius 3 is 2.89 bits per heavy atom. The summed E-state index contributed by atoms with van der Waals surface area (Å²) in [4.78, 5) is 4.64.